The number of hydrogen-bond acceptors (Lipinski definition) is 2. The predicted octanol–water partition coefficient (Wildman–Crippen LogP) is 2.48. The maximum Gasteiger partial charge on any atom is 0.0459 e. The van der Waals surface area contributed by atoms with E-state index >= 15 is 0 Å². The molecule has 0 aliphatic carbocycles. The highest BCUT2D eigenvalue weighted by molar-refractivity contribution is 7.10. The lowest BCUT2D eigenvalue weighted by Crippen LogP contribution is -2.03. The minimum Gasteiger partial charge on any atom is -0.396 e. The highest BCUT2D eigenvalue weighted by Crippen LogP contribution is 2.17. The van der Waals surface area contributed by atoms with Crippen LogP contribution in [0.3, 0.4) is 0 Å². The van der Waals surface area contributed by atoms with E-state index in [2.05, 4.69) is 25.3 Å². The van der Waals surface area contributed by atoms with Crippen LogP contribution in [0.15, 0.2) is 11.4 Å². The number of aryl methyl sites for hydroxylation is 1. The van der Waals surface area contributed by atoms with E-state index in [1.54, 1.807) is 0 Å². The second-order valence-electron chi connectivity index (χ2n) is 3.27. The molecule has 1 atom stereocenters. The molecule has 0 saturated carbocycles. The van der Waals surface area contributed by atoms with Gasteiger partial charge in [0.15, 0.2) is 0 Å². The summed E-state index contributed by atoms with van der Waals surface area (Å²) in [5.41, 5.74) is 1.37. The van der Waals surface area contributed by atoms with E-state index in [4.69, 9.17) is 5.11 Å². The molecule has 1 rings (SSSR count). The number of rotatable bonds is 4. The van der Waals surface area contributed by atoms with Crippen LogP contribution in [0.25, 0.3) is 0 Å². The lowest BCUT2D eigenvalue weighted by Gasteiger charge is -2.04. The van der Waals surface area contributed by atoms with Crippen molar-refractivity contribution in [2.24, 2.45) is 5.92 Å². The molecule has 12 heavy (non-hydrogen) atoms. The fourth-order valence-corrected chi connectivity index (χ4v) is 2.04. The summed E-state index contributed by atoms with van der Waals surface area (Å²) in [6.07, 6.45) is 2.13. The van der Waals surface area contributed by atoms with Gasteiger partial charge in [0.05, 0.1) is 0 Å². The zero-order valence-electron chi connectivity index (χ0n) is 7.71. The molecular formula is C10H16OS. The summed E-state index contributed by atoms with van der Waals surface area (Å²) in [4.78, 5) is 1.44. The van der Waals surface area contributed by atoms with E-state index in [0.29, 0.717) is 5.92 Å². The Balaban J connectivity index is 2.52. The molecule has 0 aliphatic rings. The standard InChI is InChI=1S/C10H16OS/c1-3-10-5-9(7-12-10)4-8(2)6-11/h5,7-8,11H,3-4,6H2,1-2H3/t8-/m0/s1. The summed E-state index contributed by atoms with van der Waals surface area (Å²) in [6.45, 7) is 4.53. The third-order valence-corrected chi connectivity index (χ3v) is 3.08. The molecule has 1 heterocycles. The van der Waals surface area contributed by atoms with Gasteiger partial charge in [-0.05, 0) is 35.8 Å². The van der Waals surface area contributed by atoms with Crippen molar-refractivity contribution in [2.45, 2.75) is 26.7 Å². The largest absolute Gasteiger partial charge is 0.396 e. The van der Waals surface area contributed by atoms with Crippen LogP contribution in [0.1, 0.15) is 24.3 Å². The second-order valence-corrected chi connectivity index (χ2v) is 4.26. The fourth-order valence-electron chi connectivity index (χ4n) is 1.19. The highest BCUT2D eigenvalue weighted by atomic mass is 32.1. The van der Waals surface area contributed by atoms with Gasteiger partial charge in [0.1, 0.15) is 0 Å². The maximum atomic E-state index is 8.86. The lowest BCUT2D eigenvalue weighted by molar-refractivity contribution is 0.237. The number of thiophene rings is 1. The first kappa shape index (κ1) is 9.75. The van der Waals surface area contributed by atoms with Crippen molar-refractivity contribution in [3.05, 3.63) is 21.9 Å². The third-order valence-electron chi connectivity index (χ3n) is 1.95. The van der Waals surface area contributed by atoms with Gasteiger partial charge in [-0.25, -0.2) is 0 Å². The lowest BCUT2D eigenvalue weighted by atomic mass is 10.0. The molecule has 1 aromatic rings. The van der Waals surface area contributed by atoms with E-state index in [-0.39, 0.29) is 6.61 Å². The molecule has 1 aromatic heterocycles. The number of aliphatic hydroxyl groups excluding tert-OH is 1. The molecule has 0 radical (unpaired) electrons. The molecule has 0 aliphatic heterocycles. The van der Waals surface area contributed by atoms with E-state index in [9.17, 15) is 0 Å². The summed E-state index contributed by atoms with van der Waals surface area (Å²) in [5, 5.41) is 11.1. The van der Waals surface area contributed by atoms with Crippen LogP contribution >= 0.6 is 11.3 Å². The van der Waals surface area contributed by atoms with E-state index in [1.165, 1.54) is 10.4 Å². The molecule has 0 unspecified atom stereocenters. The summed E-state index contributed by atoms with van der Waals surface area (Å²) >= 11 is 1.82. The van der Waals surface area contributed by atoms with Crippen LogP contribution < -0.4 is 0 Å². The first-order valence-electron chi connectivity index (χ1n) is 4.43. The van der Waals surface area contributed by atoms with Gasteiger partial charge in [0.2, 0.25) is 0 Å². The van der Waals surface area contributed by atoms with E-state index < -0.39 is 0 Å². The van der Waals surface area contributed by atoms with Crippen molar-refractivity contribution in [2.75, 3.05) is 6.61 Å². The van der Waals surface area contributed by atoms with Crippen LogP contribution in [-0.4, -0.2) is 11.7 Å². The molecule has 68 valence electrons. The molecule has 1 N–H and O–H groups in total. The molecule has 0 spiro atoms. The van der Waals surface area contributed by atoms with Crippen LogP contribution in [0, 0.1) is 5.92 Å². The zero-order valence-corrected chi connectivity index (χ0v) is 8.53. The van der Waals surface area contributed by atoms with Crippen LogP contribution in [0.5, 0.6) is 0 Å². The molecule has 1 nitrogen and oxygen atoms in total. The molecular weight excluding hydrogens is 168 g/mol. The van der Waals surface area contributed by atoms with Gasteiger partial charge in [-0.3, -0.25) is 0 Å². The Morgan fingerprint density at radius 2 is 2.33 bits per heavy atom. The van der Waals surface area contributed by atoms with Gasteiger partial charge in [-0.15, -0.1) is 11.3 Å². The Hall–Kier alpha value is -0.340. The Labute approximate surface area is 78.1 Å². The van der Waals surface area contributed by atoms with Crippen LogP contribution in [-0.2, 0) is 12.8 Å². The average Bonchev–Trinajstić information content (AvgIpc) is 2.52. The van der Waals surface area contributed by atoms with Crippen molar-refractivity contribution < 1.29 is 5.11 Å². The van der Waals surface area contributed by atoms with Gasteiger partial charge < -0.3 is 5.11 Å². The summed E-state index contributed by atoms with van der Waals surface area (Å²) in [6, 6.07) is 2.25. The van der Waals surface area contributed by atoms with E-state index in [0.717, 1.165) is 12.8 Å². The monoisotopic (exact) mass is 184 g/mol. The number of hydrogen-bond donors (Lipinski definition) is 1. The third kappa shape index (κ3) is 2.61. The van der Waals surface area contributed by atoms with Gasteiger partial charge in [-0.2, -0.15) is 0 Å². The Morgan fingerprint density at radius 1 is 1.58 bits per heavy atom. The highest BCUT2D eigenvalue weighted by Gasteiger charge is 2.03. The van der Waals surface area contributed by atoms with Crippen LogP contribution in [0.2, 0.25) is 0 Å². The molecule has 0 fully saturated rings. The Bertz CT molecular complexity index is 229. The van der Waals surface area contributed by atoms with Crippen LogP contribution in [0.4, 0.5) is 0 Å². The first-order valence-corrected chi connectivity index (χ1v) is 5.31. The molecule has 0 amide bonds. The van der Waals surface area contributed by atoms with Crippen molar-refractivity contribution in [3.63, 3.8) is 0 Å². The molecule has 0 bridgehead atoms. The SMILES string of the molecule is CCc1cc(C[C@H](C)CO)cs1. The summed E-state index contributed by atoms with van der Waals surface area (Å²) in [7, 11) is 0. The Kier molecular flexibility index (Phi) is 3.76. The average molecular weight is 184 g/mol. The van der Waals surface area contributed by atoms with Crippen molar-refractivity contribution in [1.82, 2.24) is 0 Å². The van der Waals surface area contributed by atoms with Gasteiger partial charge in [-0.1, -0.05) is 13.8 Å². The molecule has 0 saturated heterocycles. The topological polar surface area (TPSA) is 20.2 Å². The van der Waals surface area contributed by atoms with Gasteiger partial charge in [0, 0.05) is 11.5 Å². The predicted molar refractivity (Wildman–Crippen MR) is 53.7 cm³/mol. The van der Waals surface area contributed by atoms with Gasteiger partial charge >= 0.3 is 0 Å². The normalized spacial score (nSPS) is 13.2. The van der Waals surface area contributed by atoms with Crippen molar-refractivity contribution in [1.29, 1.82) is 0 Å². The first-order chi connectivity index (χ1) is 5.76. The summed E-state index contributed by atoms with van der Waals surface area (Å²) in [5.74, 6) is 0.393. The van der Waals surface area contributed by atoms with Crippen molar-refractivity contribution in [3.8, 4) is 0 Å². The number of aliphatic hydroxyl groups is 1. The minimum absolute atomic E-state index is 0.289. The fraction of sp³-hybridized carbons (Fsp3) is 0.600. The molecule has 0 aromatic carbocycles. The Morgan fingerprint density at radius 3 is 2.83 bits per heavy atom. The smallest absolute Gasteiger partial charge is 0.0459 e. The van der Waals surface area contributed by atoms with Gasteiger partial charge in [0.25, 0.3) is 0 Å². The van der Waals surface area contributed by atoms with E-state index in [1.807, 2.05) is 11.3 Å². The maximum absolute atomic E-state index is 8.86. The second kappa shape index (κ2) is 4.63. The quantitative estimate of drug-likeness (QED) is 0.762. The zero-order chi connectivity index (χ0) is 8.97. The summed E-state index contributed by atoms with van der Waals surface area (Å²) < 4.78 is 0. The minimum atomic E-state index is 0.289. The van der Waals surface area contributed by atoms with Crippen molar-refractivity contribution >= 4 is 11.3 Å². The molecule has 2 heteroatoms.